The number of hydrogen-bond donors (Lipinski definition) is 1. The molecule has 0 amide bonds. The van der Waals surface area contributed by atoms with Gasteiger partial charge in [-0.3, -0.25) is 0 Å². The maximum absolute atomic E-state index is 6.20. The predicted molar refractivity (Wildman–Crippen MR) is 79.0 cm³/mol. The molecule has 0 heterocycles. The van der Waals surface area contributed by atoms with Gasteiger partial charge in [0, 0.05) is 11.1 Å². The molecule has 1 nitrogen and oxygen atoms in total. The van der Waals surface area contributed by atoms with Crippen LogP contribution < -0.4 is 5.32 Å². The molecule has 1 atom stereocenters. The molecule has 0 saturated heterocycles. The molecule has 1 N–H and O–H groups in total. The predicted octanol–water partition coefficient (Wildman–Crippen LogP) is 4.88. The summed E-state index contributed by atoms with van der Waals surface area (Å²) in [5.41, 5.74) is 2.82. The molecule has 1 aliphatic rings. The van der Waals surface area contributed by atoms with Gasteiger partial charge >= 0.3 is 0 Å². The Morgan fingerprint density at radius 3 is 2.83 bits per heavy atom. The van der Waals surface area contributed by atoms with Gasteiger partial charge in [-0.25, -0.2) is 0 Å². The Hall–Kier alpha value is -0.790. The Morgan fingerprint density at radius 2 is 2.11 bits per heavy atom. The Labute approximate surface area is 115 Å². The van der Waals surface area contributed by atoms with E-state index in [-0.39, 0.29) is 0 Å². The summed E-state index contributed by atoms with van der Waals surface area (Å²) in [5.74, 6) is 0. The highest BCUT2D eigenvalue weighted by Gasteiger charge is 2.09. The van der Waals surface area contributed by atoms with E-state index in [1.807, 2.05) is 18.2 Å². The van der Waals surface area contributed by atoms with E-state index in [2.05, 4.69) is 24.4 Å². The Balaban J connectivity index is 1.80. The number of rotatable bonds is 5. The summed E-state index contributed by atoms with van der Waals surface area (Å²) < 4.78 is 0. The van der Waals surface area contributed by atoms with Gasteiger partial charge in [0.1, 0.15) is 0 Å². The van der Waals surface area contributed by atoms with E-state index >= 15 is 0 Å². The van der Waals surface area contributed by atoms with Crippen molar-refractivity contribution in [2.45, 2.75) is 45.1 Å². The Kier molecular flexibility index (Phi) is 5.27. The van der Waals surface area contributed by atoms with E-state index in [9.17, 15) is 0 Å². The van der Waals surface area contributed by atoms with Crippen LogP contribution in [0.25, 0.3) is 0 Å². The minimum Gasteiger partial charge on any atom is -0.310 e. The maximum Gasteiger partial charge on any atom is 0.0453 e. The van der Waals surface area contributed by atoms with Crippen molar-refractivity contribution >= 4 is 11.6 Å². The molecule has 1 unspecified atom stereocenters. The minimum absolute atomic E-state index is 0.322. The van der Waals surface area contributed by atoms with Gasteiger partial charge in [0.25, 0.3) is 0 Å². The minimum atomic E-state index is 0.322. The highest BCUT2D eigenvalue weighted by molar-refractivity contribution is 6.31. The van der Waals surface area contributed by atoms with Crippen LogP contribution in [0.2, 0.25) is 5.02 Å². The van der Waals surface area contributed by atoms with Crippen LogP contribution in [0.3, 0.4) is 0 Å². The van der Waals surface area contributed by atoms with Crippen molar-refractivity contribution in [1.82, 2.24) is 5.32 Å². The van der Waals surface area contributed by atoms with Crippen LogP contribution in [0.1, 0.15) is 50.6 Å². The molecule has 18 heavy (non-hydrogen) atoms. The molecule has 0 aliphatic heterocycles. The van der Waals surface area contributed by atoms with E-state index in [1.54, 1.807) is 5.57 Å². The van der Waals surface area contributed by atoms with E-state index < -0.39 is 0 Å². The van der Waals surface area contributed by atoms with Crippen LogP contribution in [-0.2, 0) is 0 Å². The number of halogens is 1. The average Bonchev–Trinajstić information content (AvgIpc) is 2.40. The van der Waals surface area contributed by atoms with Crippen LogP contribution in [0.5, 0.6) is 0 Å². The number of allylic oxidation sites excluding steroid dienone is 1. The molecule has 0 saturated carbocycles. The van der Waals surface area contributed by atoms with Gasteiger partial charge in [-0.2, -0.15) is 0 Å². The zero-order valence-corrected chi connectivity index (χ0v) is 11.8. The van der Waals surface area contributed by atoms with Crippen molar-refractivity contribution < 1.29 is 0 Å². The summed E-state index contributed by atoms with van der Waals surface area (Å²) in [6, 6.07) is 8.40. The van der Waals surface area contributed by atoms with Crippen molar-refractivity contribution in [1.29, 1.82) is 0 Å². The molecule has 1 aromatic rings. The monoisotopic (exact) mass is 263 g/mol. The standard InChI is InChI=1S/C16H22ClN/c1-13(15-9-5-6-10-16(15)17)18-12-11-14-7-3-2-4-8-14/h5-7,9-10,13,18H,2-4,8,11-12H2,1H3. The van der Waals surface area contributed by atoms with Gasteiger partial charge in [-0.1, -0.05) is 41.4 Å². The molecular weight excluding hydrogens is 242 g/mol. The third-order valence-corrected chi connectivity index (χ3v) is 4.00. The van der Waals surface area contributed by atoms with Crippen molar-refractivity contribution in [2.24, 2.45) is 0 Å². The first-order chi connectivity index (χ1) is 8.77. The number of hydrogen-bond acceptors (Lipinski definition) is 1. The third kappa shape index (κ3) is 3.86. The summed E-state index contributed by atoms with van der Waals surface area (Å²) in [5, 5.41) is 4.42. The SMILES string of the molecule is CC(NCCC1=CCCCC1)c1ccccc1Cl. The highest BCUT2D eigenvalue weighted by Crippen LogP contribution is 2.23. The summed E-state index contributed by atoms with van der Waals surface area (Å²) in [6.45, 7) is 3.22. The van der Waals surface area contributed by atoms with Crippen LogP contribution in [0, 0.1) is 0 Å². The zero-order valence-electron chi connectivity index (χ0n) is 11.1. The third-order valence-electron chi connectivity index (χ3n) is 3.65. The van der Waals surface area contributed by atoms with Crippen molar-refractivity contribution in [3.63, 3.8) is 0 Å². The van der Waals surface area contributed by atoms with Crippen LogP contribution in [0.15, 0.2) is 35.9 Å². The van der Waals surface area contributed by atoms with Crippen molar-refractivity contribution in [2.75, 3.05) is 6.54 Å². The normalized spacial score (nSPS) is 17.3. The summed E-state index contributed by atoms with van der Waals surface area (Å²) in [6.07, 6.45) is 8.90. The molecule has 1 aliphatic carbocycles. The first kappa shape index (κ1) is 13.6. The second-order valence-electron chi connectivity index (χ2n) is 5.06. The largest absolute Gasteiger partial charge is 0.310 e. The molecule has 2 rings (SSSR count). The molecule has 0 aromatic heterocycles. The molecule has 0 fully saturated rings. The topological polar surface area (TPSA) is 12.0 Å². The second-order valence-corrected chi connectivity index (χ2v) is 5.46. The van der Waals surface area contributed by atoms with Crippen LogP contribution in [-0.4, -0.2) is 6.54 Å². The fourth-order valence-corrected chi connectivity index (χ4v) is 2.82. The van der Waals surface area contributed by atoms with Crippen LogP contribution >= 0.6 is 11.6 Å². The lowest BCUT2D eigenvalue weighted by atomic mass is 9.97. The molecule has 1 aromatic carbocycles. The molecule has 2 heteroatoms. The Morgan fingerprint density at radius 1 is 1.28 bits per heavy atom. The first-order valence-electron chi connectivity index (χ1n) is 6.93. The molecule has 98 valence electrons. The van der Waals surface area contributed by atoms with Gasteiger partial charge in [0.2, 0.25) is 0 Å². The summed E-state index contributed by atoms with van der Waals surface area (Å²) in [7, 11) is 0. The van der Waals surface area contributed by atoms with Gasteiger partial charge in [-0.05, 0) is 57.2 Å². The summed E-state index contributed by atoms with van der Waals surface area (Å²) in [4.78, 5) is 0. The van der Waals surface area contributed by atoms with Crippen molar-refractivity contribution in [3.8, 4) is 0 Å². The molecular formula is C16H22ClN. The van der Waals surface area contributed by atoms with Gasteiger partial charge in [0.05, 0.1) is 0 Å². The van der Waals surface area contributed by atoms with E-state index in [0.29, 0.717) is 6.04 Å². The van der Waals surface area contributed by atoms with Gasteiger partial charge in [0.15, 0.2) is 0 Å². The smallest absolute Gasteiger partial charge is 0.0453 e. The van der Waals surface area contributed by atoms with Gasteiger partial charge in [-0.15, -0.1) is 0 Å². The van der Waals surface area contributed by atoms with E-state index in [4.69, 9.17) is 11.6 Å². The molecule has 0 bridgehead atoms. The van der Waals surface area contributed by atoms with E-state index in [0.717, 1.165) is 11.6 Å². The maximum atomic E-state index is 6.20. The van der Waals surface area contributed by atoms with E-state index in [1.165, 1.54) is 37.7 Å². The van der Waals surface area contributed by atoms with Crippen molar-refractivity contribution in [3.05, 3.63) is 46.5 Å². The fourth-order valence-electron chi connectivity index (χ4n) is 2.52. The first-order valence-corrected chi connectivity index (χ1v) is 7.31. The average molecular weight is 264 g/mol. The molecule has 0 spiro atoms. The van der Waals surface area contributed by atoms with Gasteiger partial charge < -0.3 is 5.32 Å². The second kappa shape index (κ2) is 6.96. The lowest BCUT2D eigenvalue weighted by Gasteiger charge is -2.17. The Bertz CT molecular complexity index is 411. The lowest BCUT2D eigenvalue weighted by Crippen LogP contribution is -2.20. The zero-order chi connectivity index (χ0) is 12.8. The number of benzene rings is 1. The molecule has 0 radical (unpaired) electrons. The summed E-state index contributed by atoms with van der Waals surface area (Å²) >= 11 is 6.20. The lowest BCUT2D eigenvalue weighted by molar-refractivity contribution is 0.562. The fraction of sp³-hybridized carbons (Fsp3) is 0.500. The van der Waals surface area contributed by atoms with Crippen LogP contribution in [0.4, 0.5) is 0 Å². The quantitative estimate of drug-likeness (QED) is 0.747. The highest BCUT2D eigenvalue weighted by atomic mass is 35.5. The number of nitrogens with one attached hydrogen (secondary N) is 1.